The van der Waals surface area contributed by atoms with Crippen LogP contribution >= 0.6 is 0 Å². The van der Waals surface area contributed by atoms with E-state index in [-0.39, 0.29) is 23.7 Å². The number of aryl methyl sites for hydroxylation is 2. The number of carbonyl (C=O) groups excluding carboxylic acids is 1. The van der Waals surface area contributed by atoms with Crippen LogP contribution in [-0.4, -0.2) is 22.0 Å². The second-order valence-electron chi connectivity index (χ2n) is 6.03. The summed E-state index contributed by atoms with van der Waals surface area (Å²) in [5.41, 5.74) is 2.45. The van der Waals surface area contributed by atoms with E-state index in [1.54, 1.807) is 29.0 Å². The number of nitrogens with zero attached hydrogens (tertiary/aromatic N) is 1. The van der Waals surface area contributed by atoms with E-state index < -0.39 is 0 Å². The maximum Gasteiger partial charge on any atom is 0.250 e. The fraction of sp³-hybridized carbons (Fsp3) is 0.263. The molecule has 0 aliphatic heterocycles. The van der Waals surface area contributed by atoms with Gasteiger partial charge in [-0.25, -0.2) is 4.39 Å². The molecule has 5 nitrogen and oxygen atoms in total. The minimum Gasteiger partial charge on any atom is -0.358 e. The number of aromatic nitrogens is 2. The summed E-state index contributed by atoms with van der Waals surface area (Å²) in [6.45, 7) is 2.91. The van der Waals surface area contributed by atoms with Crippen molar-refractivity contribution in [2.24, 2.45) is 0 Å². The van der Waals surface area contributed by atoms with E-state index in [9.17, 15) is 14.0 Å². The Kier molecular flexibility index (Phi) is 4.97. The molecule has 0 spiro atoms. The molecule has 0 fully saturated rings. The highest BCUT2D eigenvalue weighted by atomic mass is 19.1. The minimum absolute atomic E-state index is 0.0507. The van der Waals surface area contributed by atoms with Crippen LogP contribution in [0.15, 0.2) is 47.4 Å². The molecule has 2 aromatic heterocycles. The van der Waals surface area contributed by atoms with Crippen molar-refractivity contribution in [2.75, 3.05) is 6.54 Å². The number of rotatable bonds is 6. The summed E-state index contributed by atoms with van der Waals surface area (Å²) in [5, 5.41) is 3.59. The van der Waals surface area contributed by atoms with E-state index >= 15 is 0 Å². The lowest BCUT2D eigenvalue weighted by molar-refractivity contribution is -0.120. The van der Waals surface area contributed by atoms with Gasteiger partial charge >= 0.3 is 0 Å². The molecule has 25 heavy (non-hydrogen) atoms. The lowest BCUT2D eigenvalue weighted by atomic mass is 10.1. The minimum atomic E-state index is -0.318. The van der Waals surface area contributed by atoms with Crippen molar-refractivity contribution in [1.29, 1.82) is 0 Å². The summed E-state index contributed by atoms with van der Waals surface area (Å²) < 4.78 is 15.1. The zero-order chi connectivity index (χ0) is 17.8. The first-order valence-electron chi connectivity index (χ1n) is 8.23. The summed E-state index contributed by atoms with van der Waals surface area (Å²) in [4.78, 5) is 26.9. The van der Waals surface area contributed by atoms with Crippen molar-refractivity contribution in [1.82, 2.24) is 14.9 Å². The highest BCUT2D eigenvalue weighted by molar-refractivity contribution is 5.90. The number of nitrogens with one attached hydrogen (secondary N) is 2. The first-order chi connectivity index (χ1) is 12.0. The molecular weight excluding hydrogens is 321 g/mol. The smallest absolute Gasteiger partial charge is 0.250 e. The summed E-state index contributed by atoms with van der Waals surface area (Å²) in [6.07, 6.45) is 2.59. The van der Waals surface area contributed by atoms with Gasteiger partial charge in [0.2, 0.25) is 11.5 Å². The van der Waals surface area contributed by atoms with E-state index in [1.807, 2.05) is 6.92 Å². The third-order valence-corrected chi connectivity index (χ3v) is 4.22. The molecule has 1 amide bonds. The van der Waals surface area contributed by atoms with E-state index in [2.05, 4.69) is 10.3 Å². The van der Waals surface area contributed by atoms with Crippen LogP contribution in [0.2, 0.25) is 0 Å². The average Bonchev–Trinajstić information content (AvgIpc) is 2.88. The standard InChI is InChI=1S/C19H20FN3O2/c1-13-15(16-11-14(20)6-7-17(16)22-13)12-18(24)21-8-4-10-23-9-3-2-5-19(23)25/h2-3,5-7,9,11,22H,4,8,10,12H2,1H3,(H,21,24). The summed E-state index contributed by atoms with van der Waals surface area (Å²) in [6, 6.07) is 9.54. The van der Waals surface area contributed by atoms with Gasteiger partial charge in [-0.3, -0.25) is 9.59 Å². The maximum atomic E-state index is 13.5. The van der Waals surface area contributed by atoms with Crippen LogP contribution in [0.1, 0.15) is 17.7 Å². The van der Waals surface area contributed by atoms with Gasteiger partial charge in [0.25, 0.3) is 0 Å². The molecule has 0 aliphatic carbocycles. The van der Waals surface area contributed by atoms with Crippen LogP contribution in [0.5, 0.6) is 0 Å². The van der Waals surface area contributed by atoms with E-state index in [4.69, 9.17) is 0 Å². The number of H-pyrrole nitrogens is 1. The van der Waals surface area contributed by atoms with Crippen molar-refractivity contribution in [3.05, 3.63) is 70.0 Å². The number of carbonyl (C=O) groups is 1. The molecule has 6 heteroatoms. The van der Waals surface area contributed by atoms with Crippen molar-refractivity contribution >= 4 is 16.8 Å². The maximum absolute atomic E-state index is 13.5. The molecular formula is C19H20FN3O2. The van der Waals surface area contributed by atoms with Crippen molar-refractivity contribution in [3.8, 4) is 0 Å². The number of halogens is 1. The number of pyridine rings is 1. The Labute approximate surface area is 144 Å². The Balaban J connectivity index is 1.56. The zero-order valence-electron chi connectivity index (χ0n) is 14.0. The quantitative estimate of drug-likeness (QED) is 0.677. The molecule has 3 aromatic rings. The highest BCUT2D eigenvalue weighted by Gasteiger charge is 2.13. The highest BCUT2D eigenvalue weighted by Crippen LogP contribution is 2.23. The van der Waals surface area contributed by atoms with Crippen molar-refractivity contribution < 1.29 is 9.18 Å². The average molecular weight is 341 g/mol. The summed E-state index contributed by atoms with van der Waals surface area (Å²) in [5.74, 6) is -0.435. The van der Waals surface area contributed by atoms with Gasteiger partial charge in [0.15, 0.2) is 0 Å². The Morgan fingerprint density at radius 2 is 2.12 bits per heavy atom. The first-order valence-corrected chi connectivity index (χ1v) is 8.23. The topological polar surface area (TPSA) is 66.9 Å². The second-order valence-corrected chi connectivity index (χ2v) is 6.03. The predicted octanol–water partition coefficient (Wildman–Crippen LogP) is 2.53. The Bertz CT molecular complexity index is 959. The number of amides is 1. The fourth-order valence-electron chi connectivity index (χ4n) is 2.93. The van der Waals surface area contributed by atoms with E-state index in [0.717, 1.165) is 22.2 Å². The molecule has 0 atom stereocenters. The molecule has 130 valence electrons. The number of aromatic amines is 1. The van der Waals surface area contributed by atoms with Gasteiger partial charge in [-0.15, -0.1) is 0 Å². The molecule has 0 radical (unpaired) electrons. The van der Waals surface area contributed by atoms with Gasteiger partial charge < -0.3 is 14.9 Å². The number of benzene rings is 1. The molecule has 0 saturated carbocycles. The van der Waals surface area contributed by atoms with Gasteiger partial charge in [0.1, 0.15) is 5.82 Å². The van der Waals surface area contributed by atoms with E-state index in [0.29, 0.717) is 19.5 Å². The Morgan fingerprint density at radius 1 is 1.28 bits per heavy atom. The molecule has 1 aromatic carbocycles. The molecule has 0 aliphatic rings. The first kappa shape index (κ1) is 17.0. The van der Waals surface area contributed by atoms with Crippen LogP contribution in [0.4, 0.5) is 4.39 Å². The molecule has 0 bridgehead atoms. The van der Waals surface area contributed by atoms with E-state index in [1.165, 1.54) is 18.2 Å². The normalized spacial score (nSPS) is 11.0. The largest absolute Gasteiger partial charge is 0.358 e. The lowest BCUT2D eigenvalue weighted by Gasteiger charge is -2.07. The van der Waals surface area contributed by atoms with Crippen LogP contribution in [-0.2, 0) is 17.8 Å². The number of hydrogen-bond donors (Lipinski definition) is 2. The summed E-state index contributed by atoms with van der Waals surface area (Å²) >= 11 is 0. The Hall–Kier alpha value is -2.89. The Morgan fingerprint density at radius 3 is 2.92 bits per heavy atom. The molecule has 2 N–H and O–H groups in total. The molecule has 0 unspecified atom stereocenters. The SMILES string of the molecule is Cc1[nH]c2ccc(F)cc2c1CC(=O)NCCCn1ccccc1=O. The van der Waals surface area contributed by atoms with Crippen LogP contribution in [0, 0.1) is 12.7 Å². The van der Waals surface area contributed by atoms with Crippen molar-refractivity contribution in [3.63, 3.8) is 0 Å². The lowest BCUT2D eigenvalue weighted by Crippen LogP contribution is -2.28. The fourth-order valence-corrected chi connectivity index (χ4v) is 2.93. The third-order valence-electron chi connectivity index (χ3n) is 4.22. The summed E-state index contributed by atoms with van der Waals surface area (Å²) in [7, 11) is 0. The van der Waals surface area contributed by atoms with Gasteiger partial charge in [-0.1, -0.05) is 6.07 Å². The number of hydrogen-bond acceptors (Lipinski definition) is 2. The van der Waals surface area contributed by atoms with Crippen LogP contribution in [0.3, 0.4) is 0 Å². The molecule has 0 saturated heterocycles. The predicted molar refractivity (Wildman–Crippen MR) is 95.0 cm³/mol. The zero-order valence-corrected chi connectivity index (χ0v) is 14.0. The molecule has 3 rings (SSSR count). The second kappa shape index (κ2) is 7.34. The van der Waals surface area contributed by atoms with Gasteiger partial charge in [0, 0.05) is 41.9 Å². The molecule has 2 heterocycles. The monoisotopic (exact) mass is 341 g/mol. The van der Waals surface area contributed by atoms with Crippen LogP contribution in [0.25, 0.3) is 10.9 Å². The third kappa shape index (κ3) is 3.96. The van der Waals surface area contributed by atoms with Crippen LogP contribution < -0.4 is 10.9 Å². The number of fused-ring (bicyclic) bond motifs is 1. The van der Waals surface area contributed by atoms with Gasteiger partial charge in [-0.2, -0.15) is 0 Å². The van der Waals surface area contributed by atoms with Crippen molar-refractivity contribution in [2.45, 2.75) is 26.3 Å². The van der Waals surface area contributed by atoms with Gasteiger partial charge in [-0.05, 0) is 43.2 Å². The van der Waals surface area contributed by atoms with Gasteiger partial charge in [0.05, 0.1) is 6.42 Å².